The van der Waals surface area contributed by atoms with Gasteiger partial charge in [0.1, 0.15) is 4.90 Å². The fourth-order valence-electron chi connectivity index (χ4n) is 2.55. The summed E-state index contributed by atoms with van der Waals surface area (Å²) in [6.07, 6.45) is 3.02. The summed E-state index contributed by atoms with van der Waals surface area (Å²) in [6.45, 7) is 2.07. The van der Waals surface area contributed by atoms with Gasteiger partial charge in [0.2, 0.25) is 10.0 Å². The van der Waals surface area contributed by atoms with Crippen LogP contribution in [-0.4, -0.2) is 19.4 Å². The van der Waals surface area contributed by atoms with E-state index in [2.05, 4.69) is 12.2 Å². The first-order valence-corrected chi connectivity index (χ1v) is 7.91. The highest BCUT2D eigenvalue weighted by molar-refractivity contribution is 7.89. The molecule has 1 aromatic carbocycles. The lowest BCUT2D eigenvalue weighted by molar-refractivity contribution is -0.384. The van der Waals surface area contributed by atoms with Gasteiger partial charge in [0.25, 0.3) is 5.69 Å². The highest BCUT2D eigenvalue weighted by Crippen LogP contribution is 2.32. The van der Waals surface area contributed by atoms with Crippen molar-refractivity contribution in [3.8, 4) is 0 Å². The third kappa shape index (κ3) is 3.07. The van der Waals surface area contributed by atoms with Crippen LogP contribution >= 0.6 is 0 Å². The van der Waals surface area contributed by atoms with E-state index in [0.29, 0.717) is 5.92 Å². The molecule has 2 atom stereocenters. The maximum Gasteiger partial charge on any atom is 0.271 e. The molecule has 1 aromatic rings. The van der Waals surface area contributed by atoms with E-state index in [9.17, 15) is 18.5 Å². The second-order valence-corrected chi connectivity index (χ2v) is 6.67. The number of nitrogens with two attached hydrogens (primary N) is 1. The summed E-state index contributed by atoms with van der Waals surface area (Å²) in [4.78, 5) is 10.1. The van der Waals surface area contributed by atoms with Gasteiger partial charge in [0.15, 0.2) is 0 Å². The number of nitrogens with one attached hydrogen (secondary N) is 1. The lowest BCUT2D eigenvalue weighted by Crippen LogP contribution is -2.24. The van der Waals surface area contributed by atoms with Crippen molar-refractivity contribution in [2.45, 2.75) is 37.1 Å². The number of hydrogen-bond donors (Lipinski definition) is 2. The summed E-state index contributed by atoms with van der Waals surface area (Å²) in [6, 6.07) is 3.65. The molecule has 0 aromatic heterocycles. The molecule has 1 fully saturated rings. The second kappa shape index (κ2) is 5.37. The minimum atomic E-state index is -3.92. The van der Waals surface area contributed by atoms with Crippen LogP contribution in [-0.2, 0) is 10.0 Å². The Morgan fingerprint density at radius 1 is 1.40 bits per heavy atom. The van der Waals surface area contributed by atoms with Crippen LogP contribution in [0, 0.1) is 16.0 Å². The molecule has 2 rings (SSSR count). The second-order valence-electron chi connectivity index (χ2n) is 5.14. The number of non-ortho nitro benzene ring substituents is 1. The minimum Gasteiger partial charge on any atom is -0.381 e. The Balaban J connectivity index is 2.41. The van der Waals surface area contributed by atoms with Gasteiger partial charge >= 0.3 is 0 Å². The molecule has 7 nitrogen and oxygen atoms in total. The van der Waals surface area contributed by atoms with Gasteiger partial charge < -0.3 is 5.32 Å². The molecule has 3 N–H and O–H groups in total. The van der Waals surface area contributed by atoms with Crippen molar-refractivity contribution >= 4 is 21.4 Å². The molecule has 0 aliphatic heterocycles. The van der Waals surface area contributed by atoms with Crippen LogP contribution < -0.4 is 10.5 Å². The number of sulfonamides is 1. The van der Waals surface area contributed by atoms with Crippen molar-refractivity contribution in [2.75, 3.05) is 5.32 Å². The predicted molar refractivity (Wildman–Crippen MR) is 74.9 cm³/mol. The first-order valence-electron chi connectivity index (χ1n) is 6.37. The van der Waals surface area contributed by atoms with Crippen molar-refractivity contribution in [1.29, 1.82) is 0 Å². The van der Waals surface area contributed by atoms with Crippen molar-refractivity contribution < 1.29 is 13.3 Å². The summed E-state index contributed by atoms with van der Waals surface area (Å²) >= 11 is 0. The number of rotatable bonds is 4. The maximum absolute atomic E-state index is 11.6. The van der Waals surface area contributed by atoms with E-state index < -0.39 is 14.9 Å². The lowest BCUT2D eigenvalue weighted by Gasteiger charge is -2.20. The fraction of sp³-hybridized carbons (Fsp3) is 0.500. The van der Waals surface area contributed by atoms with Crippen molar-refractivity contribution in [3.63, 3.8) is 0 Å². The van der Waals surface area contributed by atoms with Crippen LogP contribution in [0.1, 0.15) is 26.2 Å². The number of primary sulfonamides is 1. The number of nitrogens with zero attached hydrogens (tertiary/aromatic N) is 1. The highest BCUT2D eigenvalue weighted by atomic mass is 32.2. The smallest absolute Gasteiger partial charge is 0.271 e. The first-order chi connectivity index (χ1) is 9.29. The van der Waals surface area contributed by atoms with E-state index in [4.69, 9.17) is 5.14 Å². The van der Waals surface area contributed by atoms with Gasteiger partial charge in [-0.15, -0.1) is 0 Å². The van der Waals surface area contributed by atoms with Crippen LogP contribution in [0.4, 0.5) is 11.4 Å². The normalized spacial score (nSPS) is 22.7. The lowest BCUT2D eigenvalue weighted by atomic mass is 10.1. The highest BCUT2D eigenvalue weighted by Gasteiger charge is 2.26. The van der Waals surface area contributed by atoms with Crippen LogP contribution in [0.25, 0.3) is 0 Å². The summed E-state index contributed by atoms with van der Waals surface area (Å²) in [5.41, 5.74) is 0.0472. The van der Waals surface area contributed by atoms with Crippen LogP contribution in [0.3, 0.4) is 0 Å². The molecule has 0 amide bonds. The molecular formula is C12H17N3O4S. The van der Waals surface area contributed by atoms with E-state index in [1.54, 1.807) is 0 Å². The van der Waals surface area contributed by atoms with Crippen molar-refractivity contribution in [1.82, 2.24) is 0 Å². The van der Waals surface area contributed by atoms with Gasteiger partial charge in [-0.05, 0) is 24.8 Å². The zero-order valence-electron chi connectivity index (χ0n) is 11.1. The zero-order chi connectivity index (χ0) is 14.9. The van der Waals surface area contributed by atoms with Gasteiger partial charge in [-0.25, -0.2) is 13.6 Å². The summed E-state index contributed by atoms with van der Waals surface area (Å²) < 4.78 is 23.1. The summed E-state index contributed by atoms with van der Waals surface area (Å²) in [7, 11) is -3.92. The number of hydrogen-bond acceptors (Lipinski definition) is 5. The van der Waals surface area contributed by atoms with Gasteiger partial charge in [-0.1, -0.05) is 13.3 Å². The Morgan fingerprint density at radius 2 is 2.10 bits per heavy atom. The molecule has 0 bridgehead atoms. The van der Waals surface area contributed by atoms with Gasteiger partial charge in [-0.2, -0.15) is 0 Å². The fourth-order valence-corrected chi connectivity index (χ4v) is 3.23. The first kappa shape index (κ1) is 14.7. The van der Waals surface area contributed by atoms with E-state index in [1.165, 1.54) is 12.1 Å². The molecule has 1 aliphatic carbocycles. The van der Waals surface area contributed by atoms with Gasteiger partial charge in [0, 0.05) is 18.2 Å². The molecule has 0 saturated heterocycles. The Kier molecular flexibility index (Phi) is 3.96. The average molecular weight is 299 g/mol. The molecule has 0 spiro atoms. The minimum absolute atomic E-state index is 0.109. The Labute approximate surface area is 117 Å². The maximum atomic E-state index is 11.6. The number of nitro groups is 1. The van der Waals surface area contributed by atoms with Crippen LogP contribution in [0.15, 0.2) is 23.1 Å². The van der Waals surface area contributed by atoms with E-state index in [0.717, 1.165) is 25.3 Å². The summed E-state index contributed by atoms with van der Waals surface area (Å²) in [5, 5.41) is 19.1. The van der Waals surface area contributed by atoms with E-state index in [1.807, 2.05) is 0 Å². The molecule has 2 unspecified atom stereocenters. The van der Waals surface area contributed by atoms with Crippen molar-refractivity contribution in [2.24, 2.45) is 11.1 Å². The SMILES string of the molecule is CC1CCCC1Nc1cc([N+](=O)[O-])ccc1S(N)(=O)=O. The zero-order valence-corrected chi connectivity index (χ0v) is 11.9. The summed E-state index contributed by atoms with van der Waals surface area (Å²) in [5.74, 6) is 0.391. The molecule has 20 heavy (non-hydrogen) atoms. The number of anilines is 1. The standard InChI is InChI=1S/C12H17N3O4S/c1-8-3-2-4-10(8)14-11-7-9(15(16)17)5-6-12(11)20(13,18)19/h5-8,10,14H,2-4H2,1H3,(H2,13,18,19). The van der Waals surface area contributed by atoms with Gasteiger partial charge in [0.05, 0.1) is 10.6 Å². The van der Waals surface area contributed by atoms with Crippen LogP contribution in [0.5, 0.6) is 0 Å². The largest absolute Gasteiger partial charge is 0.381 e. The average Bonchev–Trinajstić information content (AvgIpc) is 2.73. The molecule has 1 saturated carbocycles. The third-order valence-corrected chi connectivity index (χ3v) is 4.65. The number of nitro benzene ring substituents is 1. The monoisotopic (exact) mass is 299 g/mol. The van der Waals surface area contributed by atoms with E-state index >= 15 is 0 Å². The van der Waals surface area contributed by atoms with E-state index in [-0.39, 0.29) is 22.3 Å². The number of benzene rings is 1. The molecule has 110 valence electrons. The molecule has 8 heteroatoms. The Morgan fingerprint density at radius 3 is 2.60 bits per heavy atom. The molecule has 1 aliphatic rings. The quantitative estimate of drug-likeness (QED) is 0.650. The molecular weight excluding hydrogens is 282 g/mol. The third-order valence-electron chi connectivity index (χ3n) is 3.68. The van der Waals surface area contributed by atoms with Gasteiger partial charge in [-0.3, -0.25) is 10.1 Å². The topological polar surface area (TPSA) is 115 Å². The van der Waals surface area contributed by atoms with Crippen LogP contribution in [0.2, 0.25) is 0 Å². The molecule has 0 heterocycles. The van der Waals surface area contributed by atoms with Crippen molar-refractivity contribution in [3.05, 3.63) is 28.3 Å². The predicted octanol–water partition coefficient (Wildman–Crippen LogP) is 1.84. The molecule has 0 radical (unpaired) electrons. The Hall–Kier alpha value is -1.67. The Bertz CT molecular complexity index is 630.